The molecule has 0 radical (unpaired) electrons. The number of hydrogen-bond donors (Lipinski definition) is 2. The van der Waals surface area contributed by atoms with Gasteiger partial charge in [0.05, 0.1) is 6.10 Å². The molecule has 0 aromatic heterocycles. The number of carbonyl (C=O) groups excluding carboxylic acids is 1. The lowest BCUT2D eigenvalue weighted by atomic mass is 9.94. The van der Waals surface area contributed by atoms with Crippen LogP contribution in [0.1, 0.15) is 37.8 Å². The summed E-state index contributed by atoms with van der Waals surface area (Å²) in [5.41, 5.74) is 8.37. The summed E-state index contributed by atoms with van der Waals surface area (Å²) in [4.78, 5) is 14.8. The Morgan fingerprint density at radius 1 is 1.27 bits per heavy atom. The van der Waals surface area contributed by atoms with Crippen LogP contribution in [0.3, 0.4) is 0 Å². The summed E-state index contributed by atoms with van der Waals surface area (Å²) in [7, 11) is 0. The van der Waals surface area contributed by atoms with Gasteiger partial charge >= 0.3 is 0 Å². The maximum Gasteiger partial charge on any atom is 0.249 e. The van der Waals surface area contributed by atoms with E-state index in [2.05, 4.69) is 48.3 Å². The molecule has 26 heavy (non-hydrogen) atoms. The van der Waals surface area contributed by atoms with Gasteiger partial charge < -0.3 is 15.8 Å². The number of nitrogens with one attached hydrogen (secondary N) is 1. The van der Waals surface area contributed by atoms with Gasteiger partial charge in [-0.15, -0.1) is 24.8 Å². The van der Waals surface area contributed by atoms with Crippen LogP contribution in [0.2, 0.25) is 0 Å². The van der Waals surface area contributed by atoms with E-state index in [-0.39, 0.29) is 48.5 Å². The van der Waals surface area contributed by atoms with E-state index in [9.17, 15) is 4.79 Å². The number of amides is 1. The van der Waals surface area contributed by atoms with Gasteiger partial charge in [-0.2, -0.15) is 0 Å². The zero-order chi connectivity index (χ0) is 17.2. The molecule has 2 atom stereocenters. The molecule has 0 aliphatic carbocycles. The van der Waals surface area contributed by atoms with Gasteiger partial charge in [0.15, 0.2) is 0 Å². The number of rotatable bonds is 5. The molecule has 0 unspecified atom stereocenters. The van der Waals surface area contributed by atoms with Crippen molar-refractivity contribution in [2.75, 3.05) is 19.6 Å². The first-order valence-electron chi connectivity index (χ1n) is 8.94. The summed E-state index contributed by atoms with van der Waals surface area (Å²) in [5, 5.41) is 3.08. The van der Waals surface area contributed by atoms with Gasteiger partial charge in [-0.25, -0.2) is 0 Å². The van der Waals surface area contributed by atoms with Crippen LogP contribution in [0.5, 0.6) is 0 Å². The van der Waals surface area contributed by atoms with Crippen molar-refractivity contribution in [3.8, 4) is 0 Å². The molecule has 0 saturated carbocycles. The van der Waals surface area contributed by atoms with Crippen molar-refractivity contribution in [2.24, 2.45) is 5.73 Å². The number of nitrogens with zero attached hydrogens (tertiary/aromatic N) is 1. The first-order chi connectivity index (χ1) is 11.5. The summed E-state index contributed by atoms with van der Waals surface area (Å²) in [6.45, 7) is 7.46. The Hall–Kier alpha value is -0.850. The predicted molar refractivity (Wildman–Crippen MR) is 109 cm³/mol. The van der Waals surface area contributed by atoms with E-state index in [4.69, 9.17) is 10.5 Å². The van der Waals surface area contributed by atoms with Crippen molar-refractivity contribution in [3.05, 3.63) is 35.4 Å². The van der Waals surface area contributed by atoms with Gasteiger partial charge in [0.1, 0.15) is 6.10 Å². The second kappa shape index (κ2) is 9.90. The van der Waals surface area contributed by atoms with Gasteiger partial charge in [0, 0.05) is 31.7 Å². The summed E-state index contributed by atoms with van der Waals surface area (Å²) in [6.07, 6.45) is 2.41. The Balaban J connectivity index is 0.00000169. The second-order valence-corrected chi connectivity index (χ2v) is 7.53. The highest BCUT2D eigenvalue weighted by Crippen LogP contribution is 2.25. The molecule has 3 N–H and O–H groups in total. The van der Waals surface area contributed by atoms with Crippen LogP contribution in [0, 0.1) is 0 Å². The van der Waals surface area contributed by atoms with Gasteiger partial charge in [-0.05, 0) is 44.2 Å². The van der Waals surface area contributed by atoms with E-state index >= 15 is 0 Å². The third kappa shape index (κ3) is 5.33. The van der Waals surface area contributed by atoms with Crippen molar-refractivity contribution in [1.82, 2.24) is 10.2 Å². The summed E-state index contributed by atoms with van der Waals surface area (Å²) >= 11 is 0. The lowest BCUT2D eigenvalue weighted by molar-refractivity contribution is -0.132. The van der Waals surface area contributed by atoms with Crippen LogP contribution < -0.4 is 11.1 Å². The molecular weight excluding hydrogens is 373 g/mol. The Kier molecular flexibility index (Phi) is 8.83. The molecule has 5 nitrogen and oxygen atoms in total. The van der Waals surface area contributed by atoms with E-state index in [1.807, 2.05) is 0 Å². The van der Waals surface area contributed by atoms with Crippen LogP contribution in [0.15, 0.2) is 24.3 Å². The molecule has 148 valence electrons. The molecule has 2 aliphatic heterocycles. The molecule has 1 amide bonds. The maximum atomic E-state index is 12.3. The van der Waals surface area contributed by atoms with E-state index in [1.54, 1.807) is 0 Å². The second-order valence-electron chi connectivity index (χ2n) is 7.53. The zero-order valence-electron chi connectivity index (χ0n) is 15.6. The number of fused-ring (bicyclic) bond motifs is 1. The predicted octanol–water partition coefficient (Wildman–Crippen LogP) is 2.29. The fraction of sp³-hybridized carbons (Fsp3) is 0.632. The standard InChI is InChI=1S/C19H29N3O2.2ClH/c1-19(2,13-21-18(23)17-8-7-16(11-20)24-17)22-10-9-14-5-3-4-6-15(14)12-22;;/h3-6,16-17H,7-13,20H2,1-2H3,(H,21,23);2*1H/t16-,17+;;/m1../s1. The topological polar surface area (TPSA) is 67.6 Å². The molecule has 0 bridgehead atoms. The van der Waals surface area contributed by atoms with Gasteiger partial charge in [0.2, 0.25) is 5.91 Å². The Morgan fingerprint density at radius 2 is 1.96 bits per heavy atom. The SMILES string of the molecule is CC(C)(CNC(=O)[C@@H]1CC[C@H](CN)O1)N1CCc2ccccc2C1.Cl.Cl. The normalized spacial score (nSPS) is 22.7. The summed E-state index contributed by atoms with van der Waals surface area (Å²) < 4.78 is 5.68. The van der Waals surface area contributed by atoms with Crippen LogP contribution in [-0.4, -0.2) is 48.2 Å². The van der Waals surface area contributed by atoms with Crippen LogP contribution in [0.25, 0.3) is 0 Å². The molecule has 2 aliphatic rings. The smallest absolute Gasteiger partial charge is 0.249 e. The highest BCUT2D eigenvalue weighted by Gasteiger charge is 2.33. The van der Waals surface area contributed by atoms with Crippen molar-refractivity contribution >= 4 is 30.7 Å². The Bertz CT molecular complexity index is 598. The van der Waals surface area contributed by atoms with Gasteiger partial charge in [-0.3, -0.25) is 9.69 Å². The van der Waals surface area contributed by atoms with E-state index in [0.717, 1.165) is 32.4 Å². The van der Waals surface area contributed by atoms with Gasteiger partial charge in [-0.1, -0.05) is 24.3 Å². The van der Waals surface area contributed by atoms with Gasteiger partial charge in [0.25, 0.3) is 0 Å². The van der Waals surface area contributed by atoms with Crippen molar-refractivity contribution in [2.45, 2.75) is 57.4 Å². The van der Waals surface area contributed by atoms with Crippen molar-refractivity contribution in [1.29, 1.82) is 0 Å². The first-order valence-corrected chi connectivity index (χ1v) is 8.94. The molecule has 1 saturated heterocycles. The first kappa shape index (κ1) is 23.2. The largest absolute Gasteiger partial charge is 0.364 e. The minimum Gasteiger partial charge on any atom is -0.364 e. The quantitative estimate of drug-likeness (QED) is 0.790. The maximum absolute atomic E-state index is 12.3. The number of nitrogens with two attached hydrogens (primary N) is 1. The number of ether oxygens (including phenoxy) is 1. The fourth-order valence-corrected chi connectivity index (χ4v) is 3.61. The van der Waals surface area contributed by atoms with Crippen molar-refractivity contribution in [3.63, 3.8) is 0 Å². The zero-order valence-corrected chi connectivity index (χ0v) is 17.2. The summed E-state index contributed by atoms with van der Waals surface area (Å²) in [5.74, 6) is -0.00330. The molecule has 7 heteroatoms. The Morgan fingerprint density at radius 3 is 2.62 bits per heavy atom. The number of hydrogen-bond acceptors (Lipinski definition) is 4. The minimum absolute atomic E-state index is 0. The number of benzene rings is 1. The third-order valence-corrected chi connectivity index (χ3v) is 5.34. The van der Waals surface area contributed by atoms with Crippen LogP contribution in [-0.2, 0) is 22.5 Å². The lowest BCUT2D eigenvalue weighted by Crippen LogP contribution is -2.54. The average molecular weight is 404 g/mol. The highest BCUT2D eigenvalue weighted by atomic mass is 35.5. The van der Waals surface area contributed by atoms with E-state index in [1.165, 1.54) is 11.1 Å². The summed E-state index contributed by atoms with van der Waals surface area (Å²) in [6, 6.07) is 8.63. The molecule has 0 spiro atoms. The molecule has 1 fully saturated rings. The number of halogens is 2. The fourth-order valence-electron chi connectivity index (χ4n) is 3.61. The Labute approximate surface area is 168 Å². The molecule has 1 aromatic rings. The molecule has 2 heterocycles. The monoisotopic (exact) mass is 403 g/mol. The number of carbonyl (C=O) groups is 1. The minimum atomic E-state index is -0.337. The third-order valence-electron chi connectivity index (χ3n) is 5.34. The van der Waals surface area contributed by atoms with Crippen LogP contribution in [0.4, 0.5) is 0 Å². The van der Waals surface area contributed by atoms with E-state index in [0.29, 0.717) is 13.1 Å². The molecule has 3 rings (SSSR count). The highest BCUT2D eigenvalue weighted by molar-refractivity contribution is 5.85. The lowest BCUT2D eigenvalue weighted by Gasteiger charge is -2.41. The van der Waals surface area contributed by atoms with Crippen LogP contribution >= 0.6 is 24.8 Å². The molecule has 1 aromatic carbocycles. The van der Waals surface area contributed by atoms with E-state index < -0.39 is 0 Å². The van der Waals surface area contributed by atoms with Crippen molar-refractivity contribution < 1.29 is 9.53 Å². The molecular formula is C19H31Cl2N3O2. The average Bonchev–Trinajstić information content (AvgIpc) is 3.08.